The average molecular weight is 341 g/mol. The maximum absolute atomic E-state index is 11.8. The fraction of sp³-hybridized carbons (Fsp3) is 0.800. The van der Waals surface area contributed by atoms with Crippen molar-refractivity contribution in [3.05, 3.63) is 12.2 Å². The van der Waals surface area contributed by atoms with Crippen LogP contribution >= 0.6 is 0 Å². The molecule has 0 bridgehead atoms. The second kappa shape index (κ2) is 16.7. The van der Waals surface area contributed by atoms with Gasteiger partial charge in [-0.3, -0.25) is 4.79 Å². The number of carboxylic acid groups (broad SMARTS) is 1. The molecule has 2 N–H and O–H groups in total. The number of aliphatic hydroxyl groups is 1. The summed E-state index contributed by atoms with van der Waals surface area (Å²) in [6.45, 7) is 2.17. The molecule has 0 saturated carbocycles. The first-order valence-corrected chi connectivity index (χ1v) is 9.65. The molecule has 0 aromatic carbocycles. The van der Waals surface area contributed by atoms with Crippen molar-refractivity contribution in [2.24, 2.45) is 0 Å². The first kappa shape index (κ1) is 22.8. The average Bonchev–Trinajstić information content (AvgIpc) is 2.55. The highest BCUT2D eigenvalue weighted by molar-refractivity contribution is 5.79. The van der Waals surface area contributed by atoms with E-state index in [-0.39, 0.29) is 11.9 Å². The molecular weight excluding hydrogens is 304 g/mol. The summed E-state index contributed by atoms with van der Waals surface area (Å²) in [5.74, 6) is -0.619. The maximum Gasteiger partial charge on any atom is 0.327 e. The van der Waals surface area contributed by atoms with E-state index < -0.39 is 5.97 Å². The third-order valence-corrected chi connectivity index (χ3v) is 4.23. The van der Waals surface area contributed by atoms with Gasteiger partial charge in [0.2, 0.25) is 0 Å². The molecule has 4 heteroatoms. The number of carbonyl (C=O) groups excluding carboxylic acids is 1. The molecule has 0 rings (SSSR count). The zero-order valence-corrected chi connectivity index (χ0v) is 15.3. The molecule has 0 aromatic rings. The van der Waals surface area contributed by atoms with Crippen LogP contribution in [0.25, 0.3) is 0 Å². The minimum absolute atomic E-state index is 0.270. The van der Waals surface area contributed by atoms with Gasteiger partial charge in [0, 0.05) is 18.9 Å². The van der Waals surface area contributed by atoms with E-state index in [1.807, 2.05) is 0 Å². The summed E-state index contributed by atoms with van der Waals surface area (Å²) >= 11 is 0. The van der Waals surface area contributed by atoms with Crippen molar-refractivity contribution >= 4 is 11.8 Å². The third kappa shape index (κ3) is 17.2. The van der Waals surface area contributed by atoms with E-state index in [0.717, 1.165) is 51.4 Å². The second-order valence-corrected chi connectivity index (χ2v) is 6.63. The van der Waals surface area contributed by atoms with Crippen LogP contribution in [0, 0.1) is 0 Å². The zero-order valence-electron chi connectivity index (χ0n) is 15.3. The minimum atomic E-state index is -0.889. The highest BCUT2D eigenvalue weighted by atomic mass is 16.4. The van der Waals surface area contributed by atoms with Crippen LogP contribution < -0.4 is 0 Å². The van der Waals surface area contributed by atoms with Gasteiger partial charge in [0.15, 0.2) is 0 Å². The van der Waals surface area contributed by atoms with Crippen LogP contribution in [-0.4, -0.2) is 28.1 Å². The molecule has 0 aliphatic heterocycles. The molecule has 0 amide bonds. The Bertz CT molecular complexity index is 350. The van der Waals surface area contributed by atoms with Crippen LogP contribution in [0.1, 0.15) is 96.8 Å². The molecule has 0 spiro atoms. The smallest absolute Gasteiger partial charge is 0.327 e. The number of unbranched alkanes of at least 4 members (excludes halogenated alkanes) is 8. The molecule has 0 aromatic heterocycles. The van der Waals surface area contributed by atoms with Crippen molar-refractivity contribution in [2.45, 2.75) is 103 Å². The summed E-state index contributed by atoms with van der Waals surface area (Å²) in [6, 6.07) is 0. The third-order valence-electron chi connectivity index (χ3n) is 4.23. The summed E-state index contributed by atoms with van der Waals surface area (Å²) in [7, 11) is 0. The lowest BCUT2D eigenvalue weighted by atomic mass is 10.0. The summed E-state index contributed by atoms with van der Waals surface area (Å²) < 4.78 is 0. The Labute approximate surface area is 147 Å². The monoisotopic (exact) mass is 340 g/mol. The van der Waals surface area contributed by atoms with Crippen molar-refractivity contribution < 1.29 is 19.8 Å². The summed E-state index contributed by atoms with van der Waals surface area (Å²) in [6.07, 6.45) is 15.8. The van der Waals surface area contributed by atoms with Crippen LogP contribution in [-0.2, 0) is 9.59 Å². The van der Waals surface area contributed by atoms with Crippen molar-refractivity contribution in [1.29, 1.82) is 0 Å². The van der Waals surface area contributed by atoms with Gasteiger partial charge in [0.1, 0.15) is 5.78 Å². The standard InChI is InChI=1S/C20H36O4/c1-2-3-4-10-13-18(21)16-17-19(22)14-11-8-6-5-7-9-12-15-20(23)24/h12,15,18,21H,2-11,13-14,16-17H2,1H3,(H,23,24). The minimum Gasteiger partial charge on any atom is -0.478 e. The lowest BCUT2D eigenvalue weighted by Gasteiger charge is -2.09. The number of Topliss-reactive ketones (excluding diaryl/α,β-unsaturated/α-hetero) is 1. The van der Waals surface area contributed by atoms with Crippen LogP contribution in [0.2, 0.25) is 0 Å². The summed E-state index contributed by atoms with van der Waals surface area (Å²) in [4.78, 5) is 22.1. The Morgan fingerprint density at radius 1 is 0.875 bits per heavy atom. The number of ketones is 1. The molecule has 0 fully saturated rings. The Morgan fingerprint density at radius 2 is 1.54 bits per heavy atom. The van der Waals surface area contributed by atoms with Crippen LogP contribution in [0.3, 0.4) is 0 Å². The molecule has 4 nitrogen and oxygen atoms in total. The van der Waals surface area contributed by atoms with Crippen molar-refractivity contribution in [2.75, 3.05) is 0 Å². The summed E-state index contributed by atoms with van der Waals surface area (Å²) in [5, 5.41) is 18.3. The van der Waals surface area contributed by atoms with Crippen LogP contribution in [0.15, 0.2) is 12.2 Å². The first-order chi connectivity index (χ1) is 11.6. The molecule has 0 aliphatic rings. The molecule has 1 atom stereocenters. The molecule has 140 valence electrons. The van der Waals surface area contributed by atoms with Gasteiger partial charge in [-0.25, -0.2) is 4.79 Å². The van der Waals surface area contributed by atoms with Crippen molar-refractivity contribution in [3.8, 4) is 0 Å². The number of aliphatic hydroxyl groups excluding tert-OH is 1. The molecule has 0 radical (unpaired) electrons. The Balaban J connectivity index is 3.38. The Hall–Kier alpha value is -1.16. The van der Waals surface area contributed by atoms with E-state index in [9.17, 15) is 14.7 Å². The highest BCUT2D eigenvalue weighted by Gasteiger charge is 2.08. The van der Waals surface area contributed by atoms with Crippen molar-refractivity contribution in [3.63, 3.8) is 0 Å². The fourth-order valence-electron chi connectivity index (χ4n) is 2.70. The number of rotatable bonds is 17. The van der Waals surface area contributed by atoms with E-state index in [0.29, 0.717) is 19.3 Å². The second-order valence-electron chi connectivity index (χ2n) is 6.63. The van der Waals surface area contributed by atoms with E-state index in [4.69, 9.17) is 5.11 Å². The zero-order chi connectivity index (χ0) is 18.0. The normalized spacial score (nSPS) is 12.6. The van der Waals surface area contributed by atoms with Gasteiger partial charge in [0.05, 0.1) is 6.10 Å². The van der Waals surface area contributed by atoms with Crippen molar-refractivity contribution in [1.82, 2.24) is 0 Å². The highest BCUT2D eigenvalue weighted by Crippen LogP contribution is 2.12. The topological polar surface area (TPSA) is 74.6 Å². The molecule has 0 aliphatic carbocycles. The number of carbonyl (C=O) groups is 2. The molecule has 24 heavy (non-hydrogen) atoms. The lowest BCUT2D eigenvalue weighted by molar-refractivity contribution is -0.131. The number of hydrogen-bond acceptors (Lipinski definition) is 3. The van der Waals surface area contributed by atoms with E-state index >= 15 is 0 Å². The molecule has 0 heterocycles. The van der Waals surface area contributed by atoms with Crippen LogP contribution in [0.4, 0.5) is 0 Å². The van der Waals surface area contributed by atoms with Gasteiger partial charge in [-0.05, 0) is 32.1 Å². The summed E-state index contributed by atoms with van der Waals surface area (Å²) in [5.41, 5.74) is 0. The van der Waals surface area contributed by atoms with E-state index in [1.165, 1.54) is 25.3 Å². The van der Waals surface area contributed by atoms with Crippen LogP contribution in [0.5, 0.6) is 0 Å². The van der Waals surface area contributed by atoms with Gasteiger partial charge in [-0.15, -0.1) is 0 Å². The van der Waals surface area contributed by atoms with Gasteiger partial charge < -0.3 is 10.2 Å². The molecule has 0 saturated heterocycles. The number of allylic oxidation sites excluding steroid dienone is 1. The number of hydrogen-bond donors (Lipinski definition) is 2. The van der Waals surface area contributed by atoms with Gasteiger partial charge >= 0.3 is 5.97 Å². The lowest BCUT2D eigenvalue weighted by Crippen LogP contribution is -2.09. The van der Waals surface area contributed by atoms with Gasteiger partial charge in [-0.2, -0.15) is 0 Å². The fourth-order valence-corrected chi connectivity index (χ4v) is 2.70. The van der Waals surface area contributed by atoms with Gasteiger partial charge in [-0.1, -0.05) is 57.9 Å². The first-order valence-electron chi connectivity index (χ1n) is 9.65. The number of carboxylic acids is 1. The Morgan fingerprint density at radius 3 is 2.25 bits per heavy atom. The predicted molar refractivity (Wildman–Crippen MR) is 98.1 cm³/mol. The van der Waals surface area contributed by atoms with Gasteiger partial charge in [0.25, 0.3) is 0 Å². The quantitative estimate of drug-likeness (QED) is 0.287. The van der Waals surface area contributed by atoms with E-state index in [2.05, 4.69) is 6.92 Å². The van der Waals surface area contributed by atoms with E-state index in [1.54, 1.807) is 6.08 Å². The Kier molecular flexibility index (Phi) is 15.9. The molecular formula is C20H36O4. The maximum atomic E-state index is 11.8. The molecule has 1 unspecified atom stereocenters. The predicted octanol–water partition coefficient (Wildman–Crippen LogP) is 5.04. The largest absolute Gasteiger partial charge is 0.478 e. The SMILES string of the molecule is CCCCCCC(O)CCC(=O)CCCCCCCC=CC(=O)O. The number of aliphatic carboxylic acids is 1.